The van der Waals surface area contributed by atoms with Gasteiger partial charge in [-0.2, -0.15) is 0 Å². The van der Waals surface area contributed by atoms with E-state index in [0.29, 0.717) is 22.8 Å². The number of carbonyl (C=O) groups excluding carboxylic acids is 2. The predicted octanol–water partition coefficient (Wildman–Crippen LogP) is 4.01. The molecule has 0 bridgehead atoms. The lowest BCUT2D eigenvalue weighted by molar-refractivity contribution is -0.120. The Morgan fingerprint density at radius 3 is 2.62 bits per heavy atom. The first-order chi connectivity index (χ1) is 12.3. The van der Waals surface area contributed by atoms with Gasteiger partial charge < -0.3 is 10.1 Å². The van der Waals surface area contributed by atoms with E-state index in [1.807, 2.05) is 31.0 Å². The third-order valence-corrected chi connectivity index (χ3v) is 4.47. The van der Waals surface area contributed by atoms with Crippen molar-refractivity contribution in [2.24, 2.45) is 0 Å². The molecule has 0 aliphatic heterocycles. The van der Waals surface area contributed by atoms with Crippen LogP contribution in [0.4, 0.5) is 5.69 Å². The SMILES string of the molecule is COc1ccc(Cl)cc1CN(C)[C@@H](C)C(=O)Nc1cccc(C(C)=O)c1. The molecule has 0 fully saturated rings. The molecular formula is C20H23ClN2O3. The molecule has 0 heterocycles. The first-order valence-electron chi connectivity index (χ1n) is 8.26. The van der Waals surface area contributed by atoms with Crippen molar-refractivity contribution in [3.8, 4) is 5.75 Å². The normalized spacial score (nSPS) is 11.9. The topological polar surface area (TPSA) is 58.6 Å². The average molecular weight is 375 g/mol. The van der Waals surface area contributed by atoms with Crippen molar-refractivity contribution < 1.29 is 14.3 Å². The highest BCUT2D eigenvalue weighted by atomic mass is 35.5. The van der Waals surface area contributed by atoms with Crippen LogP contribution in [0.15, 0.2) is 42.5 Å². The van der Waals surface area contributed by atoms with Gasteiger partial charge in [-0.25, -0.2) is 0 Å². The Bertz CT molecular complexity index is 807. The first kappa shape index (κ1) is 19.9. The molecule has 26 heavy (non-hydrogen) atoms. The summed E-state index contributed by atoms with van der Waals surface area (Å²) in [7, 11) is 3.46. The largest absolute Gasteiger partial charge is 0.496 e. The highest BCUT2D eigenvalue weighted by molar-refractivity contribution is 6.30. The number of Topliss-reactive ketones (excluding diaryl/α,β-unsaturated/α-hetero) is 1. The zero-order valence-corrected chi connectivity index (χ0v) is 16.1. The molecule has 1 amide bonds. The summed E-state index contributed by atoms with van der Waals surface area (Å²) in [6.07, 6.45) is 0. The van der Waals surface area contributed by atoms with Crippen molar-refractivity contribution in [1.82, 2.24) is 4.90 Å². The molecule has 0 aromatic heterocycles. The number of benzene rings is 2. The highest BCUT2D eigenvalue weighted by Gasteiger charge is 2.20. The van der Waals surface area contributed by atoms with Gasteiger partial charge in [0.25, 0.3) is 0 Å². The Morgan fingerprint density at radius 1 is 1.23 bits per heavy atom. The molecule has 5 nitrogen and oxygen atoms in total. The van der Waals surface area contributed by atoms with Crippen molar-refractivity contribution >= 4 is 29.0 Å². The second-order valence-electron chi connectivity index (χ2n) is 6.17. The molecule has 0 aliphatic carbocycles. The summed E-state index contributed by atoms with van der Waals surface area (Å²) < 4.78 is 5.35. The smallest absolute Gasteiger partial charge is 0.241 e. The summed E-state index contributed by atoms with van der Waals surface area (Å²) in [5.41, 5.74) is 2.07. The van der Waals surface area contributed by atoms with E-state index in [4.69, 9.17) is 16.3 Å². The van der Waals surface area contributed by atoms with Crippen LogP contribution in [0.5, 0.6) is 5.75 Å². The molecule has 0 spiro atoms. The maximum absolute atomic E-state index is 12.6. The number of anilines is 1. The quantitative estimate of drug-likeness (QED) is 0.744. The molecule has 2 aromatic rings. The van der Waals surface area contributed by atoms with Gasteiger partial charge in [0.05, 0.1) is 13.2 Å². The highest BCUT2D eigenvalue weighted by Crippen LogP contribution is 2.24. The second kappa shape index (κ2) is 8.83. The number of hydrogen-bond donors (Lipinski definition) is 1. The monoisotopic (exact) mass is 374 g/mol. The Kier molecular flexibility index (Phi) is 6.77. The van der Waals surface area contributed by atoms with Crippen molar-refractivity contribution in [3.63, 3.8) is 0 Å². The van der Waals surface area contributed by atoms with Gasteiger partial charge in [-0.15, -0.1) is 0 Å². The number of halogens is 1. The van der Waals surface area contributed by atoms with Gasteiger partial charge in [-0.1, -0.05) is 23.7 Å². The number of likely N-dealkylation sites (N-methyl/N-ethyl adjacent to an activating group) is 1. The van der Waals surface area contributed by atoms with Gasteiger partial charge in [-0.05, 0) is 51.2 Å². The van der Waals surface area contributed by atoms with Crippen LogP contribution >= 0.6 is 11.6 Å². The molecular weight excluding hydrogens is 352 g/mol. The van der Waals surface area contributed by atoms with E-state index < -0.39 is 0 Å². The standard InChI is InChI=1S/C20H23ClN2O3/c1-13(20(25)22-18-7-5-6-15(11-18)14(2)24)23(3)12-16-10-17(21)8-9-19(16)26-4/h5-11,13H,12H2,1-4H3,(H,22,25)/t13-/m0/s1. The lowest BCUT2D eigenvalue weighted by Gasteiger charge is -2.25. The van der Waals surface area contributed by atoms with E-state index in [0.717, 1.165) is 11.3 Å². The lowest BCUT2D eigenvalue weighted by atomic mass is 10.1. The summed E-state index contributed by atoms with van der Waals surface area (Å²) in [5.74, 6) is 0.525. The molecule has 0 aliphatic rings. The van der Waals surface area contributed by atoms with Crippen molar-refractivity contribution in [1.29, 1.82) is 0 Å². The summed E-state index contributed by atoms with van der Waals surface area (Å²) in [6.45, 7) is 3.82. The molecule has 138 valence electrons. The van der Waals surface area contributed by atoms with E-state index in [1.54, 1.807) is 37.4 Å². The Morgan fingerprint density at radius 2 is 1.96 bits per heavy atom. The van der Waals surface area contributed by atoms with Gasteiger partial charge in [0.15, 0.2) is 5.78 Å². The number of rotatable bonds is 7. The maximum Gasteiger partial charge on any atom is 0.241 e. The van der Waals surface area contributed by atoms with Crippen LogP contribution in [0.1, 0.15) is 29.8 Å². The number of methoxy groups -OCH3 is 1. The van der Waals surface area contributed by atoms with E-state index >= 15 is 0 Å². The van der Waals surface area contributed by atoms with Crippen LogP contribution in [0.25, 0.3) is 0 Å². The maximum atomic E-state index is 12.6. The van der Waals surface area contributed by atoms with E-state index in [1.165, 1.54) is 6.92 Å². The van der Waals surface area contributed by atoms with Crippen LogP contribution in [0.3, 0.4) is 0 Å². The van der Waals surface area contributed by atoms with Crippen LogP contribution in [-0.2, 0) is 11.3 Å². The van der Waals surface area contributed by atoms with Gasteiger partial charge >= 0.3 is 0 Å². The molecule has 0 radical (unpaired) electrons. The minimum absolute atomic E-state index is 0.0423. The average Bonchev–Trinajstić information content (AvgIpc) is 2.61. The molecule has 0 saturated heterocycles. The third-order valence-electron chi connectivity index (χ3n) is 4.24. The van der Waals surface area contributed by atoms with Gasteiger partial charge in [0.2, 0.25) is 5.91 Å². The van der Waals surface area contributed by atoms with Crippen LogP contribution in [0, 0.1) is 0 Å². The number of carbonyl (C=O) groups is 2. The lowest BCUT2D eigenvalue weighted by Crippen LogP contribution is -2.39. The predicted molar refractivity (Wildman–Crippen MR) is 104 cm³/mol. The third kappa shape index (κ3) is 5.07. The number of nitrogens with one attached hydrogen (secondary N) is 1. The Hall–Kier alpha value is -2.37. The molecule has 2 aromatic carbocycles. The fraction of sp³-hybridized carbons (Fsp3) is 0.300. The molecule has 1 atom stereocenters. The zero-order valence-electron chi connectivity index (χ0n) is 15.4. The minimum Gasteiger partial charge on any atom is -0.496 e. The second-order valence-corrected chi connectivity index (χ2v) is 6.61. The Labute approximate surface area is 158 Å². The van der Waals surface area contributed by atoms with Crippen LogP contribution < -0.4 is 10.1 Å². The summed E-state index contributed by atoms with van der Waals surface area (Å²) in [5, 5.41) is 3.47. The van der Waals surface area contributed by atoms with E-state index in [-0.39, 0.29) is 17.7 Å². The van der Waals surface area contributed by atoms with Crippen molar-refractivity contribution in [2.45, 2.75) is 26.4 Å². The number of amides is 1. The van der Waals surface area contributed by atoms with Gasteiger partial charge in [-0.3, -0.25) is 14.5 Å². The molecule has 6 heteroatoms. The van der Waals surface area contributed by atoms with Crippen LogP contribution in [-0.4, -0.2) is 36.8 Å². The number of hydrogen-bond acceptors (Lipinski definition) is 4. The van der Waals surface area contributed by atoms with Gasteiger partial charge in [0, 0.05) is 28.4 Å². The molecule has 1 N–H and O–H groups in total. The van der Waals surface area contributed by atoms with Gasteiger partial charge in [0.1, 0.15) is 5.75 Å². The number of ether oxygens (including phenoxy) is 1. The van der Waals surface area contributed by atoms with E-state index in [9.17, 15) is 9.59 Å². The number of nitrogens with zero attached hydrogens (tertiary/aromatic N) is 1. The molecule has 2 rings (SSSR count). The summed E-state index contributed by atoms with van der Waals surface area (Å²) >= 11 is 6.07. The molecule has 0 saturated carbocycles. The number of ketones is 1. The fourth-order valence-electron chi connectivity index (χ4n) is 2.54. The Balaban J connectivity index is 2.07. The molecule has 0 unspecified atom stereocenters. The van der Waals surface area contributed by atoms with E-state index in [2.05, 4.69) is 5.32 Å². The van der Waals surface area contributed by atoms with Crippen LogP contribution in [0.2, 0.25) is 5.02 Å². The minimum atomic E-state index is -0.389. The fourth-order valence-corrected chi connectivity index (χ4v) is 2.73. The van der Waals surface area contributed by atoms with Crippen molar-refractivity contribution in [3.05, 3.63) is 58.6 Å². The first-order valence-corrected chi connectivity index (χ1v) is 8.64. The summed E-state index contributed by atoms with van der Waals surface area (Å²) in [4.78, 5) is 25.9. The van der Waals surface area contributed by atoms with Crippen molar-refractivity contribution in [2.75, 3.05) is 19.5 Å². The zero-order chi connectivity index (χ0) is 19.3. The summed E-state index contributed by atoms with van der Waals surface area (Å²) in [6, 6.07) is 11.9.